The second-order valence-electron chi connectivity index (χ2n) is 3.18. The van der Waals surface area contributed by atoms with Crippen molar-refractivity contribution in [2.24, 2.45) is 4.99 Å². The molecule has 1 aromatic heterocycles. The number of carbonyl (C=O) groups excluding carboxylic acids is 1. The Kier molecular flexibility index (Phi) is 3.04. The highest BCUT2D eigenvalue weighted by molar-refractivity contribution is 8.14. The second kappa shape index (κ2) is 4.48. The van der Waals surface area contributed by atoms with Crippen LogP contribution < -0.4 is 0 Å². The molecule has 16 heavy (non-hydrogen) atoms. The van der Waals surface area contributed by atoms with E-state index in [0.717, 1.165) is 5.75 Å². The van der Waals surface area contributed by atoms with Gasteiger partial charge in [0.15, 0.2) is 5.76 Å². The summed E-state index contributed by atoms with van der Waals surface area (Å²) in [5.41, 5.74) is 0. The third-order valence-corrected chi connectivity index (χ3v) is 3.08. The van der Waals surface area contributed by atoms with Crippen LogP contribution in [-0.2, 0) is 4.79 Å². The van der Waals surface area contributed by atoms with Crippen LogP contribution >= 0.6 is 11.8 Å². The second-order valence-corrected chi connectivity index (χ2v) is 4.28. The van der Waals surface area contributed by atoms with Gasteiger partial charge >= 0.3 is 5.88 Å². The maximum Gasteiger partial charge on any atom is 0.433 e. The molecule has 0 bridgehead atoms. The number of carbonyl (C=O) groups is 1. The number of nitrogens with zero attached hydrogens (tertiary/aromatic N) is 2. The molecule has 1 aliphatic heterocycles. The van der Waals surface area contributed by atoms with Gasteiger partial charge in [-0.05, 0) is 12.5 Å². The predicted octanol–water partition coefficient (Wildman–Crippen LogP) is 1.64. The van der Waals surface area contributed by atoms with Gasteiger partial charge in [0.2, 0.25) is 5.12 Å². The molecule has 1 aliphatic rings. The molecule has 6 nitrogen and oxygen atoms in total. The van der Waals surface area contributed by atoms with Crippen molar-refractivity contribution >= 4 is 29.0 Å². The lowest BCUT2D eigenvalue weighted by molar-refractivity contribution is -0.402. The van der Waals surface area contributed by atoms with Gasteiger partial charge in [-0.3, -0.25) is 19.9 Å². The summed E-state index contributed by atoms with van der Waals surface area (Å²) in [6.07, 6.45) is 2.07. The number of aliphatic imine (C=N–C) groups is 1. The minimum atomic E-state index is -0.617. The fraction of sp³-hybridized carbons (Fsp3) is 0.333. The lowest BCUT2D eigenvalue weighted by Gasteiger charge is -1.96. The molecular weight excluding hydrogens is 232 g/mol. The fourth-order valence-corrected chi connectivity index (χ4v) is 2.21. The number of thioether (sulfide) groups is 1. The quantitative estimate of drug-likeness (QED) is 0.455. The largest absolute Gasteiger partial charge is 0.433 e. The molecular formula is C9H8N2O4S. The summed E-state index contributed by atoms with van der Waals surface area (Å²) in [4.78, 5) is 25.0. The first-order valence-corrected chi connectivity index (χ1v) is 5.59. The van der Waals surface area contributed by atoms with E-state index < -0.39 is 4.92 Å². The topological polar surface area (TPSA) is 85.7 Å². The smallest absolute Gasteiger partial charge is 0.400 e. The molecule has 0 aromatic carbocycles. The number of furan rings is 1. The molecule has 1 aromatic rings. The Hall–Kier alpha value is -1.63. The molecule has 0 aliphatic carbocycles. The van der Waals surface area contributed by atoms with Crippen molar-refractivity contribution in [3.05, 3.63) is 28.0 Å². The van der Waals surface area contributed by atoms with Gasteiger partial charge < -0.3 is 4.42 Å². The van der Waals surface area contributed by atoms with Gasteiger partial charge in [0.25, 0.3) is 0 Å². The van der Waals surface area contributed by atoms with E-state index in [4.69, 9.17) is 4.42 Å². The Bertz CT molecular complexity index is 454. The molecule has 0 saturated carbocycles. The molecule has 2 rings (SSSR count). The Morgan fingerprint density at radius 3 is 3.00 bits per heavy atom. The zero-order valence-corrected chi connectivity index (χ0v) is 8.98. The molecule has 2 heterocycles. The van der Waals surface area contributed by atoms with Crippen molar-refractivity contribution in [1.29, 1.82) is 0 Å². The Labute approximate surface area is 94.9 Å². The summed E-state index contributed by atoms with van der Waals surface area (Å²) in [6, 6.07) is 2.37. The van der Waals surface area contributed by atoms with E-state index in [1.165, 1.54) is 30.1 Å². The van der Waals surface area contributed by atoms with E-state index in [2.05, 4.69) is 4.99 Å². The van der Waals surface area contributed by atoms with E-state index >= 15 is 0 Å². The van der Waals surface area contributed by atoms with Crippen LogP contribution in [0.4, 0.5) is 5.88 Å². The molecule has 1 fully saturated rings. The number of rotatable bonds is 3. The normalized spacial score (nSPS) is 20.8. The van der Waals surface area contributed by atoms with Crippen LogP contribution in [0.1, 0.15) is 12.2 Å². The van der Waals surface area contributed by atoms with Gasteiger partial charge in [0.05, 0.1) is 12.3 Å². The summed E-state index contributed by atoms with van der Waals surface area (Å²) in [6.45, 7) is 0. The fourth-order valence-electron chi connectivity index (χ4n) is 1.29. The molecule has 0 N–H and O–H groups in total. The van der Waals surface area contributed by atoms with Crippen molar-refractivity contribution in [3.8, 4) is 0 Å². The first-order chi connectivity index (χ1) is 7.66. The SMILES string of the molecule is O=C1SCCC1N=Cc1ccc([N+](=O)[O-])o1. The summed E-state index contributed by atoms with van der Waals surface area (Å²) in [5, 5.41) is 10.4. The third-order valence-electron chi connectivity index (χ3n) is 2.08. The van der Waals surface area contributed by atoms with Crippen molar-refractivity contribution in [2.75, 3.05) is 5.75 Å². The van der Waals surface area contributed by atoms with Gasteiger partial charge in [-0.2, -0.15) is 0 Å². The maximum atomic E-state index is 11.2. The maximum absolute atomic E-state index is 11.2. The van der Waals surface area contributed by atoms with E-state index in [0.29, 0.717) is 6.42 Å². The highest BCUT2D eigenvalue weighted by atomic mass is 32.2. The van der Waals surface area contributed by atoms with Crippen molar-refractivity contribution in [2.45, 2.75) is 12.5 Å². The predicted molar refractivity (Wildman–Crippen MR) is 58.8 cm³/mol. The van der Waals surface area contributed by atoms with Gasteiger partial charge in [0.1, 0.15) is 11.0 Å². The van der Waals surface area contributed by atoms with Gasteiger partial charge in [0, 0.05) is 5.75 Å². The monoisotopic (exact) mass is 240 g/mol. The van der Waals surface area contributed by atoms with E-state index in [-0.39, 0.29) is 22.8 Å². The number of nitro groups is 1. The Morgan fingerprint density at radius 2 is 2.44 bits per heavy atom. The zero-order chi connectivity index (χ0) is 11.5. The molecule has 84 valence electrons. The lowest BCUT2D eigenvalue weighted by Crippen LogP contribution is -2.08. The van der Waals surface area contributed by atoms with Crippen LogP contribution in [0.3, 0.4) is 0 Å². The molecule has 1 saturated heterocycles. The molecule has 1 atom stereocenters. The molecule has 0 amide bonds. The summed E-state index contributed by atoms with van der Waals surface area (Å²) in [5.74, 6) is 0.740. The van der Waals surface area contributed by atoms with Gasteiger partial charge in [-0.15, -0.1) is 0 Å². The van der Waals surface area contributed by atoms with E-state index in [9.17, 15) is 14.9 Å². The first-order valence-electron chi connectivity index (χ1n) is 4.61. The number of hydrogen-bond donors (Lipinski definition) is 0. The van der Waals surface area contributed by atoms with E-state index in [1.54, 1.807) is 0 Å². The standard InChI is InChI=1S/C9H8N2O4S/c12-9-7(3-4-16-9)10-5-6-1-2-8(15-6)11(13)14/h1-2,5,7H,3-4H2. The summed E-state index contributed by atoms with van der Waals surface area (Å²) >= 11 is 1.26. The van der Waals surface area contributed by atoms with Crippen LogP contribution in [-0.4, -0.2) is 28.0 Å². The summed E-state index contributed by atoms with van der Waals surface area (Å²) < 4.78 is 4.87. The average molecular weight is 240 g/mol. The highest BCUT2D eigenvalue weighted by Gasteiger charge is 2.24. The van der Waals surface area contributed by atoms with Crippen LogP contribution in [0.15, 0.2) is 21.5 Å². The van der Waals surface area contributed by atoms with Crippen LogP contribution in [0.2, 0.25) is 0 Å². The lowest BCUT2D eigenvalue weighted by atomic mass is 10.3. The number of hydrogen-bond acceptors (Lipinski definition) is 6. The zero-order valence-electron chi connectivity index (χ0n) is 8.16. The van der Waals surface area contributed by atoms with Crippen LogP contribution in [0, 0.1) is 10.1 Å². The van der Waals surface area contributed by atoms with Crippen LogP contribution in [0.25, 0.3) is 0 Å². The van der Waals surface area contributed by atoms with E-state index in [1.807, 2.05) is 0 Å². The van der Waals surface area contributed by atoms with Crippen molar-refractivity contribution in [1.82, 2.24) is 0 Å². The van der Waals surface area contributed by atoms with Crippen molar-refractivity contribution < 1.29 is 14.1 Å². The molecule has 0 spiro atoms. The highest BCUT2D eigenvalue weighted by Crippen LogP contribution is 2.22. The average Bonchev–Trinajstić information content (AvgIpc) is 2.83. The van der Waals surface area contributed by atoms with Crippen molar-refractivity contribution in [3.63, 3.8) is 0 Å². The minimum Gasteiger partial charge on any atom is -0.400 e. The Morgan fingerprint density at radius 1 is 1.62 bits per heavy atom. The molecule has 1 unspecified atom stereocenters. The molecule has 0 radical (unpaired) electrons. The summed E-state index contributed by atoms with van der Waals surface area (Å²) in [7, 11) is 0. The minimum absolute atomic E-state index is 0.0392. The molecule has 7 heteroatoms. The Balaban J connectivity index is 2.05. The van der Waals surface area contributed by atoms with Gasteiger partial charge in [-0.1, -0.05) is 11.8 Å². The van der Waals surface area contributed by atoms with Gasteiger partial charge in [-0.25, -0.2) is 0 Å². The van der Waals surface area contributed by atoms with Crippen LogP contribution in [0.5, 0.6) is 0 Å². The first kappa shape index (κ1) is 10.9. The third kappa shape index (κ3) is 2.30.